The summed E-state index contributed by atoms with van der Waals surface area (Å²) in [6, 6.07) is 0. The summed E-state index contributed by atoms with van der Waals surface area (Å²) in [5.74, 6) is 0. The summed E-state index contributed by atoms with van der Waals surface area (Å²) in [6.45, 7) is 2.91. The zero-order valence-corrected chi connectivity index (χ0v) is 6.63. The van der Waals surface area contributed by atoms with Gasteiger partial charge < -0.3 is 4.90 Å². The normalized spacial score (nSPS) is 16.8. The highest BCUT2D eigenvalue weighted by Crippen LogP contribution is 2.04. The van der Waals surface area contributed by atoms with Crippen LogP contribution >= 0.6 is 0 Å². The maximum absolute atomic E-state index is 3.89. The Bertz CT molecular complexity index is 179. The fourth-order valence-corrected chi connectivity index (χ4v) is 0.839. The quantitative estimate of drug-likeness (QED) is 0.544. The van der Waals surface area contributed by atoms with Gasteiger partial charge in [0.2, 0.25) is 0 Å². The third-order valence-electron chi connectivity index (χ3n) is 1.37. The van der Waals surface area contributed by atoms with Gasteiger partial charge in [-0.3, -0.25) is 0 Å². The molecule has 3 nitrogen and oxygen atoms in total. The molecule has 1 rings (SSSR count). The molecule has 0 saturated carbocycles. The SMILES string of the molecule is CC1=N[N]C=C1CN(C)C. The van der Waals surface area contributed by atoms with Gasteiger partial charge in [0.05, 0.1) is 11.9 Å². The first-order valence-corrected chi connectivity index (χ1v) is 3.28. The lowest BCUT2D eigenvalue weighted by atomic mass is 10.2. The van der Waals surface area contributed by atoms with E-state index in [0.29, 0.717) is 0 Å². The van der Waals surface area contributed by atoms with Crippen molar-refractivity contribution < 1.29 is 0 Å². The molecular formula is C7H12N3. The van der Waals surface area contributed by atoms with E-state index in [0.717, 1.165) is 12.3 Å². The van der Waals surface area contributed by atoms with Crippen LogP contribution in [0.15, 0.2) is 16.9 Å². The topological polar surface area (TPSA) is 29.7 Å². The van der Waals surface area contributed by atoms with Crippen LogP contribution in [0.1, 0.15) is 6.92 Å². The maximum Gasteiger partial charge on any atom is 0.0660 e. The van der Waals surface area contributed by atoms with Crippen molar-refractivity contribution in [3.63, 3.8) is 0 Å². The monoisotopic (exact) mass is 138 g/mol. The van der Waals surface area contributed by atoms with Crippen LogP contribution in [-0.2, 0) is 0 Å². The van der Waals surface area contributed by atoms with Crippen molar-refractivity contribution in [1.29, 1.82) is 0 Å². The molecule has 1 aliphatic heterocycles. The molecule has 10 heavy (non-hydrogen) atoms. The highest BCUT2D eigenvalue weighted by Gasteiger charge is 2.07. The summed E-state index contributed by atoms with van der Waals surface area (Å²) in [6.07, 6.45) is 1.81. The summed E-state index contributed by atoms with van der Waals surface area (Å²) in [7, 11) is 4.07. The number of nitrogens with zero attached hydrogens (tertiary/aromatic N) is 3. The molecule has 0 bridgehead atoms. The van der Waals surface area contributed by atoms with E-state index in [-0.39, 0.29) is 0 Å². The van der Waals surface area contributed by atoms with Crippen LogP contribution in [0.2, 0.25) is 0 Å². The predicted octanol–water partition coefficient (Wildman–Crippen LogP) is 0.426. The summed E-state index contributed by atoms with van der Waals surface area (Å²) in [5.41, 5.74) is 6.05. The molecule has 0 aromatic heterocycles. The molecular weight excluding hydrogens is 126 g/mol. The van der Waals surface area contributed by atoms with Gasteiger partial charge in [0, 0.05) is 12.1 Å². The van der Waals surface area contributed by atoms with Gasteiger partial charge >= 0.3 is 0 Å². The van der Waals surface area contributed by atoms with Crippen molar-refractivity contribution in [2.45, 2.75) is 6.92 Å². The third-order valence-corrected chi connectivity index (χ3v) is 1.37. The fraction of sp³-hybridized carbons (Fsp3) is 0.571. The van der Waals surface area contributed by atoms with Crippen molar-refractivity contribution in [2.24, 2.45) is 5.10 Å². The fourth-order valence-electron chi connectivity index (χ4n) is 0.839. The molecule has 0 N–H and O–H groups in total. The van der Waals surface area contributed by atoms with Gasteiger partial charge in [0.15, 0.2) is 0 Å². The molecule has 0 saturated heterocycles. The minimum atomic E-state index is 0.929. The number of likely N-dealkylation sites (N-methyl/N-ethyl adjacent to an activating group) is 1. The first kappa shape index (κ1) is 7.28. The zero-order chi connectivity index (χ0) is 7.56. The molecule has 1 radical (unpaired) electrons. The summed E-state index contributed by atoms with van der Waals surface area (Å²) < 4.78 is 0. The molecule has 0 aliphatic carbocycles. The Hall–Kier alpha value is -0.830. The standard InChI is InChI=1S/C7H12N3/c1-6-7(4-8-9-6)5-10(2)3/h4H,5H2,1-3H3. The Morgan fingerprint density at radius 3 is 2.60 bits per heavy atom. The third kappa shape index (κ3) is 1.57. The van der Waals surface area contributed by atoms with Gasteiger partial charge in [0.1, 0.15) is 0 Å². The Labute approximate surface area is 61.4 Å². The zero-order valence-electron chi connectivity index (χ0n) is 6.63. The van der Waals surface area contributed by atoms with Crippen molar-refractivity contribution in [3.8, 4) is 0 Å². The highest BCUT2D eigenvalue weighted by atomic mass is 15.3. The Balaban J connectivity index is 2.50. The molecule has 0 aromatic rings. The average Bonchev–Trinajstić information content (AvgIpc) is 2.15. The van der Waals surface area contributed by atoms with E-state index in [4.69, 9.17) is 0 Å². The lowest BCUT2D eigenvalue weighted by Gasteiger charge is -2.08. The average molecular weight is 138 g/mol. The summed E-state index contributed by atoms with van der Waals surface area (Å²) in [4.78, 5) is 2.10. The molecule has 0 amide bonds. The highest BCUT2D eigenvalue weighted by molar-refractivity contribution is 5.99. The van der Waals surface area contributed by atoms with E-state index in [1.54, 1.807) is 0 Å². The van der Waals surface area contributed by atoms with Crippen LogP contribution in [0.25, 0.3) is 0 Å². The molecule has 1 heterocycles. The summed E-state index contributed by atoms with van der Waals surface area (Å²) >= 11 is 0. The van der Waals surface area contributed by atoms with Crippen LogP contribution in [0.5, 0.6) is 0 Å². The van der Waals surface area contributed by atoms with Crippen LogP contribution in [0.3, 0.4) is 0 Å². The van der Waals surface area contributed by atoms with Gasteiger partial charge in [-0.2, -0.15) is 10.5 Å². The van der Waals surface area contributed by atoms with Crippen LogP contribution < -0.4 is 5.43 Å². The minimum Gasteiger partial charge on any atom is -0.305 e. The summed E-state index contributed by atoms with van der Waals surface area (Å²) in [5, 5.41) is 3.89. The van der Waals surface area contributed by atoms with Crippen molar-refractivity contribution in [2.75, 3.05) is 20.6 Å². The van der Waals surface area contributed by atoms with Crippen LogP contribution in [-0.4, -0.2) is 31.3 Å². The van der Waals surface area contributed by atoms with Gasteiger partial charge in [-0.15, -0.1) is 0 Å². The second-order valence-electron chi connectivity index (χ2n) is 2.69. The molecule has 55 valence electrons. The second-order valence-corrected chi connectivity index (χ2v) is 2.69. The van der Waals surface area contributed by atoms with Gasteiger partial charge in [-0.25, -0.2) is 0 Å². The van der Waals surface area contributed by atoms with Crippen molar-refractivity contribution in [3.05, 3.63) is 11.8 Å². The van der Waals surface area contributed by atoms with Gasteiger partial charge in [-0.1, -0.05) is 0 Å². The smallest absolute Gasteiger partial charge is 0.0660 e. The van der Waals surface area contributed by atoms with Crippen LogP contribution in [0.4, 0.5) is 0 Å². The number of rotatable bonds is 2. The van der Waals surface area contributed by atoms with Crippen LogP contribution in [0, 0.1) is 0 Å². The van der Waals surface area contributed by atoms with E-state index in [9.17, 15) is 0 Å². The first-order valence-electron chi connectivity index (χ1n) is 3.28. The lowest BCUT2D eigenvalue weighted by molar-refractivity contribution is 0.451. The van der Waals surface area contributed by atoms with Gasteiger partial charge in [-0.05, 0) is 21.0 Å². The predicted molar refractivity (Wildman–Crippen MR) is 41.9 cm³/mol. The molecule has 0 unspecified atom stereocenters. The Morgan fingerprint density at radius 1 is 1.50 bits per heavy atom. The molecule has 0 fully saturated rings. The molecule has 0 aromatic carbocycles. The first-order chi connectivity index (χ1) is 4.70. The molecule has 0 atom stereocenters. The number of hydrogen-bond acceptors (Lipinski definition) is 2. The maximum atomic E-state index is 3.89. The molecule has 3 heteroatoms. The van der Waals surface area contributed by atoms with E-state index < -0.39 is 0 Å². The Kier molecular flexibility index (Phi) is 2.06. The van der Waals surface area contributed by atoms with E-state index in [1.807, 2.05) is 27.2 Å². The largest absolute Gasteiger partial charge is 0.305 e. The Morgan fingerprint density at radius 2 is 2.20 bits per heavy atom. The number of hydrogen-bond donors (Lipinski definition) is 0. The molecule has 1 aliphatic rings. The second kappa shape index (κ2) is 2.84. The van der Waals surface area contributed by atoms with E-state index >= 15 is 0 Å². The lowest BCUT2D eigenvalue weighted by Crippen LogP contribution is -2.17. The minimum absolute atomic E-state index is 0.929. The van der Waals surface area contributed by atoms with Gasteiger partial charge in [0.25, 0.3) is 0 Å². The van der Waals surface area contributed by atoms with Crippen molar-refractivity contribution >= 4 is 5.71 Å². The van der Waals surface area contributed by atoms with E-state index in [2.05, 4.69) is 15.4 Å². The molecule has 0 spiro atoms. The van der Waals surface area contributed by atoms with E-state index in [1.165, 1.54) is 5.57 Å². The van der Waals surface area contributed by atoms with Crippen molar-refractivity contribution in [1.82, 2.24) is 10.3 Å².